The average molecular weight is 598 g/mol. The van der Waals surface area contributed by atoms with Crippen LogP contribution in [0.4, 0.5) is 19.0 Å². The summed E-state index contributed by atoms with van der Waals surface area (Å²) >= 11 is 0. The first-order valence-corrected chi connectivity index (χ1v) is 14.0. The minimum absolute atomic E-state index is 0.114. The highest BCUT2D eigenvalue weighted by Gasteiger charge is 2.45. The van der Waals surface area contributed by atoms with Gasteiger partial charge in [0.1, 0.15) is 17.7 Å². The van der Waals surface area contributed by atoms with Crippen molar-refractivity contribution in [1.82, 2.24) is 14.8 Å². The SMILES string of the molecule is CC1CCN(C(=O)C2(C)COC2)CC1CN1C=CN=C(N)C1C(=N)c1ccc(C(=O)Nc2cc(C(F)(F)F)ccn2)cc1. The number of halogens is 3. The number of hydrogen-bond donors (Lipinski definition) is 3. The van der Waals surface area contributed by atoms with Crippen molar-refractivity contribution < 1.29 is 27.5 Å². The lowest BCUT2D eigenvalue weighted by atomic mass is 9.82. The molecule has 5 rings (SSSR count). The molecule has 0 radical (unpaired) electrons. The number of ether oxygens (including phenoxy) is 1. The van der Waals surface area contributed by atoms with Gasteiger partial charge in [-0.2, -0.15) is 13.2 Å². The van der Waals surface area contributed by atoms with Gasteiger partial charge in [-0.15, -0.1) is 0 Å². The highest BCUT2D eigenvalue weighted by Crippen LogP contribution is 2.33. The first-order chi connectivity index (χ1) is 20.4. The summed E-state index contributed by atoms with van der Waals surface area (Å²) in [7, 11) is 0. The number of carbonyl (C=O) groups is 2. The number of anilines is 1. The Morgan fingerprint density at radius 3 is 2.53 bits per heavy atom. The second kappa shape index (κ2) is 11.8. The molecule has 2 fully saturated rings. The largest absolute Gasteiger partial charge is 0.416 e. The number of amides is 2. The summed E-state index contributed by atoms with van der Waals surface area (Å²) in [6.07, 6.45) is 0.682. The third-order valence-corrected chi connectivity index (χ3v) is 8.36. The molecule has 0 saturated carbocycles. The monoisotopic (exact) mass is 597 g/mol. The summed E-state index contributed by atoms with van der Waals surface area (Å²) in [5.41, 5.74) is 5.77. The van der Waals surface area contributed by atoms with E-state index in [2.05, 4.69) is 22.2 Å². The molecule has 3 aliphatic rings. The van der Waals surface area contributed by atoms with Crippen molar-refractivity contribution in [3.8, 4) is 0 Å². The molecule has 0 bridgehead atoms. The van der Waals surface area contributed by atoms with E-state index in [0.717, 1.165) is 24.8 Å². The number of pyridine rings is 1. The third-order valence-electron chi connectivity index (χ3n) is 8.36. The van der Waals surface area contributed by atoms with Gasteiger partial charge in [-0.05, 0) is 55.0 Å². The van der Waals surface area contributed by atoms with E-state index in [9.17, 15) is 22.8 Å². The zero-order chi connectivity index (χ0) is 30.9. The van der Waals surface area contributed by atoms with Crippen molar-refractivity contribution in [2.24, 2.45) is 28.0 Å². The van der Waals surface area contributed by atoms with Gasteiger partial charge in [-0.1, -0.05) is 19.1 Å². The molecule has 2 aromatic rings. The predicted molar refractivity (Wildman–Crippen MR) is 154 cm³/mol. The summed E-state index contributed by atoms with van der Waals surface area (Å²) in [6, 6.07) is 7.08. The number of rotatable bonds is 7. The van der Waals surface area contributed by atoms with Crippen molar-refractivity contribution in [2.45, 2.75) is 32.5 Å². The number of amidine groups is 1. The molecule has 228 valence electrons. The van der Waals surface area contributed by atoms with Crippen LogP contribution in [-0.4, -0.2) is 77.0 Å². The Morgan fingerprint density at radius 2 is 1.88 bits per heavy atom. The maximum absolute atomic E-state index is 13.2. The van der Waals surface area contributed by atoms with Crippen molar-refractivity contribution in [3.05, 3.63) is 71.7 Å². The smallest absolute Gasteiger partial charge is 0.385 e. The van der Waals surface area contributed by atoms with Gasteiger partial charge in [0.05, 0.1) is 29.9 Å². The van der Waals surface area contributed by atoms with Crippen LogP contribution in [0.15, 0.2) is 60.0 Å². The number of nitrogens with zero attached hydrogens (tertiary/aromatic N) is 4. The van der Waals surface area contributed by atoms with E-state index < -0.39 is 29.1 Å². The van der Waals surface area contributed by atoms with Gasteiger partial charge in [-0.25, -0.2) is 9.98 Å². The number of alkyl halides is 3. The lowest BCUT2D eigenvalue weighted by Crippen LogP contribution is -2.58. The summed E-state index contributed by atoms with van der Waals surface area (Å²) in [5.74, 6) is -0.00671. The molecule has 1 aromatic carbocycles. The molecule has 0 aliphatic carbocycles. The minimum Gasteiger partial charge on any atom is -0.385 e. The van der Waals surface area contributed by atoms with E-state index in [-0.39, 0.29) is 34.8 Å². The van der Waals surface area contributed by atoms with E-state index in [0.29, 0.717) is 44.3 Å². The molecular weight excluding hydrogens is 563 g/mol. The first-order valence-electron chi connectivity index (χ1n) is 14.0. The van der Waals surface area contributed by atoms with Gasteiger partial charge in [0, 0.05) is 43.8 Å². The Bertz CT molecular complexity index is 1450. The molecule has 10 nitrogen and oxygen atoms in total. The zero-order valence-electron chi connectivity index (χ0n) is 23.9. The number of aliphatic imine (C=N–C) groups is 1. The van der Waals surface area contributed by atoms with Gasteiger partial charge in [0.2, 0.25) is 5.91 Å². The lowest BCUT2D eigenvalue weighted by Gasteiger charge is -2.46. The van der Waals surface area contributed by atoms with Crippen LogP contribution in [0.3, 0.4) is 0 Å². The number of piperidine rings is 1. The Labute approximate surface area is 247 Å². The maximum atomic E-state index is 13.2. The second-order valence-electron chi connectivity index (χ2n) is 11.7. The normalized spacial score (nSPS) is 23.3. The molecular formula is C30H34F3N7O3. The number of aromatic nitrogens is 1. The summed E-state index contributed by atoms with van der Waals surface area (Å²) in [4.78, 5) is 37.8. The number of benzene rings is 1. The Hall–Kier alpha value is -4.26. The summed E-state index contributed by atoms with van der Waals surface area (Å²) in [5, 5.41) is 11.4. The molecule has 4 N–H and O–H groups in total. The fraction of sp³-hybridized carbons (Fsp3) is 0.433. The topological polar surface area (TPSA) is 137 Å². The molecule has 1 aromatic heterocycles. The second-order valence-corrected chi connectivity index (χ2v) is 11.7. The quantitative estimate of drug-likeness (QED) is 0.416. The van der Waals surface area contributed by atoms with Crippen LogP contribution in [0.1, 0.15) is 41.8 Å². The zero-order valence-corrected chi connectivity index (χ0v) is 23.9. The van der Waals surface area contributed by atoms with Crippen molar-refractivity contribution >= 4 is 29.2 Å². The van der Waals surface area contributed by atoms with E-state index in [1.54, 1.807) is 24.5 Å². The molecule has 3 atom stereocenters. The number of nitrogens with two attached hydrogens (primary N) is 1. The average Bonchev–Trinajstić information content (AvgIpc) is 2.96. The number of carbonyl (C=O) groups excluding carboxylic acids is 2. The van der Waals surface area contributed by atoms with E-state index >= 15 is 0 Å². The Morgan fingerprint density at radius 1 is 1.19 bits per heavy atom. The highest BCUT2D eigenvalue weighted by molar-refractivity contribution is 6.16. The lowest BCUT2D eigenvalue weighted by molar-refractivity contribution is -0.171. The number of likely N-dealkylation sites (tertiary alicyclic amines) is 1. The van der Waals surface area contributed by atoms with Crippen LogP contribution in [0.5, 0.6) is 0 Å². The number of hydrogen-bond acceptors (Lipinski definition) is 8. The standard InChI is InChI=1S/C30H34F3N7O3/c1-18-8-11-40(28(42)29(2)16-43-17-29)15-21(18)14-39-12-10-37-26(35)25(39)24(34)19-3-5-20(6-4-19)27(41)38-23-13-22(7-9-36-23)30(31,32)33/h3-7,9-10,12-13,18,21,25,34H,8,11,14-17H2,1-2H3,(H2,35,37)(H,36,38,41). The van der Waals surface area contributed by atoms with Crippen LogP contribution in [0, 0.1) is 22.7 Å². The molecule has 3 unspecified atom stereocenters. The molecule has 4 heterocycles. The minimum atomic E-state index is -4.56. The van der Waals surface area contributed by atoms with E-state index in [4.69, 9.17) is 15.9 Å². The van der Waals surface area contributed by atoms with Crippen molar-refractivity contribution in [2.75, 3.05) is 38.2 Å². The molecule has 2 amide bonds. The third kappa shape index (κ3) is 6.41. The fourth-order valence-electron chi connectivity index (χ4n) is 5.59. The molecule has 3 aliphatic heterocycles. The van der Waals surface area contributed by atoms with Crippen molar-refractivity contribution in [1.29, 1.82) is 5.41 Å². The predicted octanol–water partition coefficient (Wildman–Crippen LogP) is 3.75. The van der Waals surface area contributed by atoms with Gasteiger partial charge >= 0.3 is 6.18 Å². The number of nitrogens with one attached hydrogen (secondary N) is 2. The van der Waals surface area contributed by atoms with Crippen LogP contribution in [0.2, 0.25) is 0 Å². The fourth-order valence-corrected chi connectivity index (χ4v) is 5.59. The van der Waals surface area contributed by atoms with Gasteiger partial charge in [-0.3, -0.25) is 9.59 Å². The molecule has 2 saturated heterocycles. The van der Waals surface area contributed by atoms with Crippen LogP contribution >= 0.6 is 0 Å². The van der Waals surface area contributed by atoms with Gasteiger partial charge in [0.25, 0.3) is 5.91 Å². The van der Waals surface area contributed by atoms with E-state index in [1.807, 2.05) is 16.7 Å². The Balaban J connectivity index is 1.26. The Kier molecular flexibility index (Phi) is 8.28. The molecule has 43 heavy (non-hydrogen) atoms. The van der Waals surface area contributed by atoms with Crippen LogP contribution < -0.4 is 11.1 Å². The summed E-state index contributed by atoms with van der Waals surface area (Å²) < 4.78 is 44.3. The van der Waals surface area contributed by atoms with Crippen LogP contribution in [0.25, 0.3) is 0 Å². The first kappa shape index (κ1) is 30.2. The molecule has 0 spiro atoms. The van der Waals surface area contributed by atoms with Crippen molar-refractivity contribution in [3.63, 3.8) is 0 Å². The van der Waals surface area contributed by atoms with E-state index in [1.165, 1.54) is 12.1 Å². The van der Waals surface area contributed by atoms with Crippen LogP contribution in [-0.2, 0) is 15.7 Å². The maximum Gasteiger partial charge on any atom is 0.416 e. The highest BCUT2D eigenvalue weighted by atomic mass is 19.4. The summed E-state index contributed by atoms with van der Waals surface area (Å²) in [6.45, 7) is 6.84. The van der Waals surface area contributed by atoms with Gasteiger partial charge in [0.15, 0.2) is 0 Å². The molecule has 13 heteroatoms. The van der Waals surface area contributed by atoms with Gasteiger partial charge < -0.3 is 31.0 Å².